The summed E-state index contributed by atoms with van der Waals surface area (Å²) in [6.45, 7) is 7.69. The molecule has 2 N–H and O–H groups in total. The van der Waals surface area contributed by atoms with Crippen molar-refractivity contribution in [2.45, 2.75) is 76.8 Å². The maximum absolute atomic E-state index is 13.6. The fraction of sp³-hybridized carbons (Fsp3) is 0.500. The van der Waals surface area contributed by atoms with Gasteiger partial charge in [0.05, 0.1) is 22.8 Å². The Morgan fingerprint density at radius 1 is 1.05 bits per heavy atom. The number of imide groups is 1. The van der Waals surface area contributed by atoms with Gasteiger partial charge in [-0.3, -0.25) is 34.1 Å². The predicted octanol–water partition coefficient (Wildman–Crippen LogP) is 3.51. The number of nitrogens with zero attached hydrogens (tertiary/aromatic N) is 4. The smallest absolute Gasteiger partial charge is 0.259 e. The highest BCUT2D eigenvalue weighted by atomic mass is 16.2. The van der Waals surface area contributed by atoms with E-state index in [0.29, 0.717) is 24.3 Å². The fourth-order valence-electron chi connectivity index (χ4n) is 7.81. The Morgan fingerprint density at radius 2 is 1.82 bits per heavy atom. The second-order valence-corrected chi connectivity index (χ2v) is 13.3. The molecule has 3 fully saturated rings. The van der Waals surface area contributed by atoms with E-state index in [0.717, 1.165) is 85.9 Å². The van der Waals surface area contributed by atoms with Gasteiger partial charge in [-0.25, -0.2) is 0 Å². The van der Waals surface area contributed by atoms with Gasteiger partial charge in [-0.2, -0.15) is 5.10 Å². The van der Waals surface area contributed by atoms with E-state index in [4.69, 9.17) is 5.10 Å². The lowest BCUT2D eigenvalue weighted by molar-refractivity contribution is -0.146. The van der Waals surface area contributed by atoms with Gasteiger partial charge in [0.2, 0.25) is 17.7 Å². The molecule has 0 bridgehead atoms. The Bertz CT molecular complexity index is 1660. The number of rotatable bonds is 6. The van der Waals surface area contributed by atoms with E-state index >= 15 is 0 Å². The minimum absolute atomic E-state index is 0.167. The van der Waals surface area contributed by atoms with Gasteiger partial charge in [0.1, 0.15) is 6.04 Å². The zero-order valence-corrected chi connectivity index (χ0v) is 25.5. The van der Waals surface area contributed by atoms with Crippen molar-refractivity contribution in [1.82, 2.24) is 25.3 Å². The van der Waals surface area contributed by atoms with Crippen LogP contribution in [0.1, 0.15) is 80.3 Å². The third-order valence-electron chi connectivity index (χ3n) is 10.7. The first-order valence-electron chi connectivity index (χ1n) is 16.0. The molecular weight excluding hydrogens is 556 g/mol. The van der Waals surface area contributed by atoms with Gasteiger partial charge in [0.25, 0.3) is 5.91 Å². The molecule has 1 aromatic heterocycles. The van der Waals surface area contributed by atoms with Crippen molar-refractivity contribution in [3.63, 3.8) is 0 Å². The molecule has 44 heavy (non-hydrogen) atoms. The summed E-state index contributed by atoms with van der Waals surface area (Å²) in [4.78, 5) is 55.1. The Kier molecular flexibility index (Phi) is 7.07. The number of benzene rings is 2. The lowest BCUT2D eigenvalue weighted by Gasteiger charge is -2.44. The first kappa shape index (κ1) is 28.7. The second kappa shape index (κ2) is 10.8. The molecule has 5 heterocycles. The molecule has 1 unspecified atom stereocenters. The number of anilines is 1. The number of aromatic nitrogens is 2. The molecule has 230 valence electrons. The largest absolute Gasteiger partial charge is 0.342 e. The number of piperidine rings is 3. The highest BCUT2D eigenvalue weighted by Gasteiger charge is 2.44. The minimum atomic E-state index is -0.700. The average Bonchev–Trinajstić information content (AvgIpc) is 3.63. The van der Waals surface area contributed by atoms with Crippen LogP contribution in [0.3, 0.4) is 0 Å². The topological polar surface area (TPSA) is 117 Å². The van der Waals surface area contributed by atoms with Crippen molar-refractivity contribution in [3.8, 4) is 0 Å². The lowest BCUT2D eigenvalue weighted by Crippen LogP contribution is -2.53. The van der Waals surface area contributed by atoms with Gasteiger partial charge in [-0.1, -0.05) is 25.1 Å². The van der Waals surface area contributed by atoms with Crippen molar-refractivity contribution in [3.05, 3.63) is 59.4 Å². The molecule has 1 atom stereocenters. The maximum atomic E-state index is 13.6. The van der Waals surface area contributed by atoms with E-state index in [-0.39, 0.29) is 29.2 Å². The number of nitrogens with one attached hydrogen (secondary N) is 2. The summed E-state index contributed by atoms with van der Waals surface area (Å²) in [5.74, 6) is -0.599. The number of likely N-dealkylation sites (tertiary alicyclic amines) is 1. The Morgan fingerprint density at radius 3 is 2.55 bits per heavy atom. The van der Waals surface area contributed by atoms with Gasteiger partial charge in [-0.05, 0) is 87.2 Å². The van der Waals surface area contributed by atoms with Gasteiger partial charge >= 0.3 is 0 Å². The van der Waals surface area contributed by atoms with Crippen molar-refractivity contribution in [2.75, 3.05) is 31.1 Å². The van der Waals surface area contributed by atoms with E-state index < -0.39 is 11.9 Å². The summed E-state index contributed by atoms with van der Waals surface area (Å²) in [7, 11) is 0. The van der Waals surface area contributed by atoms with Crippen LogP contribution in [-0.2, 0) is 26.3 Å². The summed E-state index contributed by atoms with van der Waals surface area (Å²) in [5.41, 5.74) is 3.08. The van der Waals surface area contributed by atoms with Crippen molar-refractivity contribution >= 4 is 40.1 Å². The molecular formula is C34H40N6O4. The zero-order chi connectivity index (χ0) is 30.6. The van der Waals surface area contributed by atoms with Crippen LogP contribution in [0.2, 0.25) is 0 Å². The molecule has 10 heteroatoms. The molecule has 7 rings (SSSR count). The second-order valence-electron chi connectivity index (χ2n) is 13.3. The van der Waals surface area contributed by atoms with E-state index in [1.807, 2.05) is 36.5 Å². The van der Waals surface area contributed by atoms with Gasteiger partial charge in [-0.15, -0.1) is 0 Å². The van der Waals surface area contributed by atoms with Gasteiger partial charge < -0.3 is 10.2 Å². The number of amides is 4. The normalized spacial score (nSPS) is 22.9. The van der Waals surface area contributed by atoms with Crippen molar-refractivity contribution in [1.29, 1.82) is 0 Å². The molecule has 4 aliphatic heterocycles. The molecule has 4 aliphatic rings. The molecule has 0 spiro atoms. The van der Waals surface area contributed by atoms with Crippen LogP contribution < -0.4 is 15.5 Å². The zero-order valence-electron chi connectivity index (χ0n) is 25.5. The summed E-state index contributed by atoms with van der Waals surface area (Å²) in [6.07, 6.45) is 9.67. The highest BCUT2D eigenvalue weighted by molar-refractivity contribution is 6.27. The van der Waals surface area contributed by atoms with Gasteiger partial charge in [0.15, 0.2) is 0 Å². The van der Waals surface area contributed by atoms with Crippen LogP contribution >= 0.6 is 0 Å². The van der Waals surface area contributed by atoms with Crippen LogP contribution in [0.15, 0.2) is 42.7 Å². The molecule has 0 aliphatic carbocycles. The monoisotopic (exact) mass is 596 g/mol. The molecule has 10 nitrogen and oxygen atoms in total. The van der Waals surface area contributed by atoms with E-state index in [1.54, 1.807) is 4.90 Å². The van der Waals surface area contributed by atoms with E-state index in [9.17, 15) is 19.2 Å². The molecule has 4 amide bonds. The van der Waals surface area contributed by atoms with Crippen LogP contribution in [0, 0.1) is 5.41 Å². The summed E-state index contributed by atoms with van der Waals surface area (Å²) in [5, 5.41) is 12.4. The first-order chi connectivity index (χ1) is 21.2. The number of hydrogen-bond acceptors (Lipinski definition) is 6. The first-order valence-corrected chi connectivity index (χ1v) is 16.0. The quantitative estimate of drug-likeness (QED) is 0.421. The van der Waals surface area contributed by atoms with Crippen molar-refractivity contribution in [2.24, 2.45) is 5.41 Å². The lowest BCUT2D eigenvalue weighted by atomic mass is 9.74. The predicted molar refractivity (Wildman–Crippen MR) is 166 cm³/mol. The molecule has 3 saturated heterocycles. The minimum Gasteiger partial charge on any atom is -0.342 e. The van der Waals surface area contributed by atoms with Crippen LogP contribution in [0.4, 0.5) is 5.69 Å². The molecule has 3 aromatic rings. The average molecular weight is 597 g/mol. The summed E-state index contributed by atoms with van der Waals surface area (Å²) < 4.78 is 2.08. The summed E-state index contributed by atoms with van der Waals surface area (Å²) in [6, 6.07) is 9.00. The molecule has 2 aromatic carbocycles. The van der Waals surface area contributed by atoms with Crippen LogP contribution in [0.25, 0.3) is 10.8 Å². The Hall–Kier alpha value is -4.05. The molecule has 0 saturated carbocycles. The maximum Gasteiger partial charge on any atom is 0.259 e. The number of carbonyl (C=O) groups is 4. The third-order valence-corrected chi connectivity index (χ3v) is 10.7. The fourth-order valence-corrected chi connectivity index (χ4v) is 7.81. The standard InChI is InChI=1S/C34H40N6O4/c1-3-34(11-15-35-16-12-34)32(44)38-17-13-33(2,14-18-38)39-21-22(20-36-39)19-23-7-8-26-29-24(23)5-4-6-25(29)31(43)40(26)27-9-10-28(41)37-30(27)42/h4-8,20-21,27,35H,3,9-19H2,1-2H3,(H,37,41,42). The van der Waals surface area contributed by atoms with Crippen LogP contribution in [-0.4, -0.2) is 70.5 Å². The number of hydrogen-bond donors (Lipinski definition) is 2. The Labute approximate surface area is 257 Å². The third kappa shape index (κ3) is 4.62. The summed E-state index contributed by atoms with van der Waals surface area (Å²) >= 11 is 0. The SMILES string of the molecule is CCC1(C(=O)N2CCC(C)(n3cc(Cc4ccc5c6c(cccc46)C(=O)N5C4CCC(=O)NC4=O)cn3)CC2)CCNCC1. The highest BCUT2D eigenvalue weighted by Crippen LogP contribution is 2.42. The van der Waals surface area contributed by atoms with Crippen LogP contribution in [0.5, 0.6) is 0 Å². The van der Waals surface area contributed by atoms with Crippen molar-refractivity contribution < 1.29 is 19.2 Å². The van der Waals surface area contributed by atoms with E-state index in [2.05, 4.69) is 40.3 Å². The number of carbonyl (C=O) groups excluding carboxylic acids is 4. The van der Waals surface area contributed by atoms with E-state index in [1.165, 1.54) is 0 Å². The molecule has 0 radical (unpaired) electrons. The van der Waals surface area contributed by atoms with Gasteiger partial charge in [0, 0.05) is 43.1 Å². The Balaban J connectivity index is 1.08.